The van der Waals surface area contributed by atoms with E-state index in [4.69, 9.17) is 5.11 Å². The molecule has 3 rings (SSSR count). The molecule has 1 aliphatic heterocycles. The topological polar surface area (TPSA) is 53.4 Å². The van der Waals surface area contributed by atoms with Crippen molar-refractivity contribution >= 4 is 6.09 Å². The minimum absolute atomic E-state index is 0.387. The monoisotopic (exact) mass is 278 g/mol. The average Bonchev–Trinajstić information content (AvgIpc) is 2.53. The van der Waals surface area contributed by atoms with Gasteiger partial charge >= 0.3 is 6.09 Å². The van der Waals surface area contributed by atoms with Crippen LogP contribution in [0.3, 0.4) is 0 Å². The molecule has 1 amide bonds. The predicted molar refractivity (Wildman–Crippen MR) is 78.8 cm³/mol. The van der Waals surface area contributed by atoms with Gasteiger partial charge < -0.3 is 10.0 Å². The molecule has 4 nitrogen and oxygen atoms in total. The molecule has 0 bridgehead atoms. The van der Waals surface area contributed by atoms with Crippen LogP contribution in [0.4, 0.5) is 4.79 Å². The smallest absolute Gasteiger partial charge is 0.407 e. The Morgan fingerprint density at radius 1 is 1.19 bits per heavy atom. The van der Waals surface area contributed by atoms with Crippen LogP contribution >= 0.6 is 0 Å². The molecule has 0 aliphatic carbocycles. The van der Waals surface area contributed by atoms with Gasteiger partial charge in [-0.1, -0.05) is 30.0 Å². The zero-order chi connectivity index (χ0) is 14.7. The Labute approximate surface area is 123 Å². The highest BCUT2D eigenvalue weighted by atomic mass is 16.4. The number of aromatic nitrogens is 1. The Bertz CT molecular complexity index is 729. The van der Waals surface area contributed by atoms with Crippen LogP contribution in [-0.2, 0) is 13.0 Å². The molecule has 0 saturated carbocycles. The molecule has 2 heterocycles. The zero-order valence-electron chi connectivity index (χ0n) is 11.4. The van der Waals surface area contributed by atoms with Gasteiger partial charge in [-0.15, -0.1) is 0 Å². The second-order valence-electron chi connectivity index (χ2n) is 4.90. The number of amides is 1. The van der Waals surface area contributed by atoms with E-state index in [2.05, 4.69) is 16.8 Å². The van der Waals surface area contributed by atoms with Gasteiger partial charge in [-0.25, -0.2) is 4.79 Å². The van der Waals surface area contributed by atoms with Gasteiger partial charge in [0.1, 0.15) is 0 Å². The molecule has 2 aromatic rings. The standard InChI is InChI=1S/C17H14N2O2/c20-17(21)19-9-8-16-15(12-19)10-14(11-18-16)7-6-13-4-2-1-3-5-13/h1-5,10-11H,8-9,12H2,(H,20,21). The highest BCUT2D eigenvalue weighted by Gasteiger charge is 2.20. The quantitative estimate of drug-likeness (QED) is 0.753. The lowest BCUT2D eigenvalue weighted by Gasteiger charge is -2.25. The normalized spacial score (nSPS) is 13.0. The summed E-state index contributed by atoms with van der Waals surface area (Å²) in [6.07, 6.45) is 1.53. The summed E-state index contributed by atoms with van der Waals surface area (Å²) in [5, 5.41) is 9.06. The number of nitrogens with zero attached hydrogens (tertiary/aromatic N) is 2. The van der Waals surface area contributed by atoms with E-state index in [1.807, 2.05) is 36.4 Å². The maximum atomic E-state index is 11.0. The van der Waals surface area contributed by atoms with E-state index in [9.17, 15) is 4.79 Å². The molecular weight excluding hydrogens is 264 g/mol. The van der Waals surface area contributed by atoms with Gasteiger partial charge in [0.25, 0.3) is 0 Å². The third-order valence-corrected chi connectivity index (χ3v) is 3.44. The highest BCUT2D eigenvalue weighted by molar-refractivity contribution is 5.65. The number of fused-ring (bicyclic) bond motifs is 1. The fourth-order valence-electron chi connectivity index (χ4n) is 2.32. The fraction of sp³-hybridized carbons (Fsp3) is 0.176. The van der Waals surface area contributed by atoms with Crippen LogP contribution in [0.25, 0.3) is 0 Å². The lowest BCUT2D eigenvalue weighted by Crippen LogP contribution is -2.35. The lowest BCUT2D eigenvalue weighted by molar-refractivity contribution is 0.139. The fourth-order valence-corrected chi connectivity index (χ4v) is 2.32. The molecule has 104 valence electrons. The van der Waals surface area contributed by atoms with Crippen LogP contribution in [0.15, 0.2) is 42.6 Å². The van der Waals surface area contributed by atoms with Gasteiger partial charge in [0.2, 0.25) is 0 Å². The summed E-state index contributed by atoms with van der Waals surface area (Å²) in [4.78, 5) is 16.8. The second kappa shape index (κ2) is 5.68. The Morgan fingerprint density at radius 2 is 1.95 bits per heavy atom. The highest BCUT2D eigenvalue weighted by Crippen LogP contribution is 2.18. The van der Waals surface area contributed by atoms with Crippen LogP contribution in [0.5, 0.6) is 0 Å². The minimum atomic E-state index is -0.888. The van der Waals surface area contributed by atoms with Crippen LogP contribution in [-0.4, -0.2) is 27.6 Å². The predicted octanol–water partition coefficient (Wildman–Crippen LogP) is 2.52. The molecule has 4 heteroatoms. The van der Waals surface area contributed by atoms with Crippen molar-refractivity contribution in [2.45, 2.75) is 13.0 Å². The van der Waals surface area contributed by atoms with E-state index in [1.54, 1.807) is 6.20 Å². The van der Waals surface area contributed by atoms with Crippen LogP contribution in [0.2, 0.25) is 0 Å². The van der Waals surface area contributed by atoms with Crippen molar-refractivity contribution < 1.29 is 9.90 Å². The van der Waals surface area contributed by atoms with Crippen molar-refractivity contribution in [2.75, 3.05) is 6.54 Å². The Balaban J connectivity index is 1.85. The first-order valence-corrected chi connectivity index (χ1v) is 6.75. The third-order valence-electron chi connectivity index (χ3n) is 3.44. The molecule has 0 spiro atoms. The molecule has 1 aromatic heterocycles. The van der Waals surface area contributed by atoms with Crippen molar-refractivity contribution in [1.82, 2.24) is 9.88 Å². The van der Waals surface area contributed by atoms with E-state index in [0.29, 0.717) is 19.5 Å². The number of pyridine rings is 1. The van der Waals surface area contributed by atoms with E-state index < -0.39 is 6.09 Å². The molecular formula is C17H14N2O2. The molecule has 0 radical (unpaired) electrons. The molecule has 0 atom stereocenters. The van der Waals surface area contributed by atoms with Crippen molar-refractivity contribution in [3.63, 3.8) is 0 Å². The zero-order valence-corrected chi connectivity index (χ0v) is 11.4. The van der Waals surface area contributed by atoms with Crippen molar-refractivity contribution in [3.05, 3.63) is 65.0 Å². The van der Waals surface area contributed by atoms with E-state index in [-0.39, 0.29) is 0 Å². The summed E-state index contributed by atoms with van der Waals surface area (Å²) in [6, 6.07) is 11.7. The molecule has 21 heavy (non-hydrogen) atoms. The molecule has 0 fully saturated rings. The first kappa shape index (κ1) is 13.2. The van der Waals surface area contributed by atoms with Gasteiger partial charge in [0.05, 0.1) is 6.54 Å². The summed E-state index contributed by atoms with van der Waals surface area (Å²) in [5.74, 6) is 6.16. The summed E-state index contributed by atoms with van der Waals surface area (Å²) in [5.41, 5.74) is 3.67. The van der Waals surface area contributed by atoms with Gasteiger partial charge in [0.15, 0.2) is 0 Å². The van der Waals surface area contributed by atoms with Gasteiger partial charge in [0, 0.05) is 36.0 Å². The van der Waals surface area contributed by atoms with Gasteiger partial charge in [-0.2, -0.15) is 0 Å². The molecule has 1 N–H and O–H groups in total. The van der Waals surface area contributed by atoms with Crippen molar-refractivity contribution in [1.29, 1.82) is 0 Å². The average molecular weight is 278 g/mol. The number of carboxylic acid groups (broad SMARTS) is 1. The summed E-state index contributed by atoms with van der Waals surface area (Å²) < 4.78 is 0. The molecule has 0 saturated heterocycles. The number of hydrogen-bond acceptors (Lipinski definition) is 2. The SMILES string of the molecule is O=C(O)N1CCc2ncc(C#Cc3ccccc3)cc2C1. The van der Waals surface area contributed by atoms with E-state index in [1.165, 1.54) is 4.90 Å². The van der Waals surface area contributed by atoms with Crippen molar-refractivity contribution in [2.24, 2.45) is 0 Å². The number of carbonyl (C=O) groups is 1. The Hall–Kier alpha value is -2.80. The summed E-state index contributed by atoms with van der Waals surface area (Å²) >= 11 is 0. The second-order valence-corrected chi connectivity index (χ2v) is 4.90. The van der Waals surface area contributed by atoms with Crippen LogP contribution in [0, 0.1) is 11.8 Å². The third kappa shape index (κ3) is 3.03. The number of hydrogen-bond donors (Lipinski definition) is 1. The van der Waals surface area contributed by atoms with Crippen LogP contribution < -0.4 is 0 Å². The van der Waals surface area contributed by atoms with Gasteiger partial charge in [-0.05, 0) is 23.8 Å². The summed E-state index contributed by atoms with van der Waals surface area (Å²) in [6.45, 7) is 0.892. The van der Waals surface area contributed by atoms with Crippen LogP contribution in [0.1, 0.15) is 22.4 Å². The summed E-state index contributed by atoms with van der Waals surface area (Å²) in [7, 11) is 0. The largest absolute Gasteiger partial charge is 0.465 e. The Kier molecular flexibility index (Phi) is 3.57. The lowest BCUT2D eigenvalue weighted by atomic mass is 10.0. The molecule has 1 aromatic carbocycles. The van der Waals surface area contributed by atoms with Crippen molar-refractivity contribution in [3.8, 4) is 11.8 Å². The Morgan fingerprint density at radius 3 is 2.71 bits per heavy atom. The molecule has 0 unspecified atom stereocenters. The first-order valence-electron chi connectivity index (χ1n) is 6.75. The first-order chi connectivity index (χ1) is 10.2. The minimum Gasteiger partial charge on any atom is -0.465 e. The molecule has 1 aliphatic rings. The van der Waals surface area contributed by atoms with E-state index in [0.717, 1.165) is 22.4 Å². The number of rotatable bonds is 0. The van der Waals surface area contributed by atoms with E-state index >= 15 is 0 Å². The van der Waals surface area contributed by atoms with Gasteiger partial charge in [-0.3, -0.25) is 4.98 Å². The number of benzene rings is 1. The maximum absolute atomic E-state index is 11.0. The maximum Gasteiger partial charge on any atom is 0.407 e.